The van der Waals surface area contributed by atoms with Crippen molar-refractivity contribution in [3.63, 3.8) is 0 Å². The van der Waals surface area contributed by atoms with Gasteiger partial charge in [0, 0.05) is 24.2 Å². The average molecular weight is 339 g/mol. The summed E-state index contributed by atoms with van der Waals surface area (Å²) in [6, 6.07) is 5.08. The van der Waals surface area contributed by atoms with E-state index in [2.05, 4.69) is 5.32 Å². The summed E-state index contributed by atoms with van der Waals surface area (Å²) >= 11 is 6.00. The van der Waals surface area contributed by atoms with Crippen LogP contribution >= 0.6 is 11.6 Å². The fourth-order valence-corrected chi connectivity index (χ4v) is 2.97. The Hall–Kier alpha value is -1.75. The summed E-state index contributed by atoms with van der Waals surface area (Å²) in [5, 5.41) is 3.41. The van der Waals surface area contributed by atoms with Crippen LogP contribution in [0.25, 0.3) is 0 Å². The van der Waals surface area contributed by atoms with Crippen LogP contribution in [0.4, 0.5) is 0 Å². The fraction of sp³-hybridized carbons (Fsp3) is 0.529. The van der Waals surface area contributed by atoms with Gasteiger partial charge in [-0.25, -0.2) is 0 Å². The molecule has 1 N–H and O–H groups in total. The number of nitrogens with zero attached hydrogens (tertiary/aromatic N) is 1. The lowest BCUT2D eigenvalue weighted by Gasteiger charge is -2.32. The largest absolute Gasteiger partial charge is 0.496 e. The van der Waals surface area contributed by atoms with E-state index in [9.17, 15) is 9.59 Å². The first kappa shape index (κ1) is 17.6. The van der Waals surface area contributed by atoms with Crippen molar-refractivity contribution in [1.82, 2.24) is 10.2 Å². The Kier molecular flexibility index (Phi) is 5.88. The molecule has 1 fully saturated rings. The van der Waals surface area contributed by atoms with Crippen LogP contribution < -0.4 is 10.1 Å². The third-order valence-electron chi connectivity index (χ3n) is 3.90. The van der Waals surface area contributed by atoms with Gasteiger partial charge in [-0.3, -0.25) is 9.59 Å². The van der Waals surface area contributed by atoms with Crippen molar-refractivity contribution in [3.8, 4) is 5.75 Å². The maximum absolute atomic E-state index is 12.8. The second-order valence-electron chi connectivity index (χ2n) is 6.10. The molecule has 1 aromatic rings. The number of halogens is 1. The molecule has 0 spiro atoms. The monoisotopic (exact) mass is 338 g/mol. The van der Waals surface area contributed by atoms with E-state index in [1.165, 1.54) is 7.11 Å². The van der Waals surface area contributed by atoms with E-state index in [0.29, 0.717) is 29.4 Å². The summed E-state index contributed by atoms with van der Waals surface area (Å²) in [7, 11) is 1.52. The molecular formula is C17H23ClN2O3. The lowest BCUT2D eigenvalue weighted by Crippen LogP contribution is -2.46. The van der Waals surface area contributed by atoms with Gasteiger partial charge < -0.3 is 15.0 Å². The van der Waals surface area contributed by atoms with Crippen LogP contribution in [-0.4, -0.2) is 43.0 Å². The standard InChI is InChI=1S/C17H23ClN2O3/c1-11(2)19-16(21)12-5-4-8-20(10-12)17(22)14-9-13(18)6-7-15(14)23-3/h6-7,9,11-12H,4-5,8,10H2,1-3H3,(H,19,21)/t12-/m0/s1. The van der Waals surface area contributed by atoms with Gasteiger partial charge in [0.2, 0.25) is 5.91 Å². The first-order valence-corrected chi connectivity index (χ1v) is 8.23. The minimum absolute atomic E-state index is 0.00978. The molecule has 0 saturated carbocycles. The first-order valence-electron chi connectivity index (χ1n) is 7.85. The molecule has 2 amide bonds. The highest BCUT2D eigenvalue weighted by Crippen LogP contribution is 2.26. The molecule has 6 heteroatoms. The number of ether oxygens (including phenoxy) is 1. The zero-order chi connectivity index (χ0) is 17.0. The Morgan fingerprint density at radius 2 is 2.13 bits per heavy atom. The normalized spacial score (nSPS) is 18.0. The summed E-state index contributed by atoms with van der Waals surface area (Å²) in [6.07, 6.45) is 1.61. The van der Waals surface area contributed by atoms with Crippen LogP contribution in [0.2, 0.25) is 5.02 Å². The number of amides is 2. The number of piperidine rings is 1. The van der Waals surface area contributed by atoms with Gasteiger partial charge in [0.15, 0.2) is 0 Å². The number of methoxy groups -OCH3 is 1. The molecule has 1 aliphatic rings. The summed E-state index contributed by atoms with van der Waals surface area (Å²) in [4.78, 5) is 26.7. The third kappa shape index (κ3) is 4.38. The summed E-state index contributed by atoms with van der Waals surface area (Å²) in [5.41, 5.74) is 0.435. The zero-order valence-electron chi connectivity index (χ0n) is 13.8. The molecule has 1 heterocycles. The molecule has 1 saturated heterocycles. The van der Waals surface area contributed by atoms with Crippen molar-refractivity contribution in [1.29, 1.82) is 0 Å². The van der Waals surface area contributed by atoms with Crippen LogP contribution in [-0.2, 0) is 4.79 Å². The molecule has 23 heavy (non-hydrogen) atoms. The van der Waals surface area contributed by atoms with Crippen molar-refractivity contribution >= 4 is 23.4 Å². The number of nitrogens with one attached hydrogen (secondary N) is 1. The molecule has 126 valence electrons. The molecular weight excluding hydrogens is 316 g/mol. The predicted octanol–water partition coefficient (Wildman–Crippen LogP) is 2.73. The molecule has 1 aliphatic heterocycles. The van der Waals surface area contributed by atoms with Crippen molar-refractivity contribution in [2.24, 2.45) is 5.92 Å². The molecule has 1 aromatic carbocycles. The number of carbonyl (C=O) groups excluding carboxylic acids is 2. The number of carbonyl (C=O) groups is 2. The molecule has 0 aromatic heterocycles. The van der Waals surface area contributed by atoms with Gasteiger partial charge in [-0.15, -0.1) is 0 Å². The number of rotatable bonds is 4. The van der Waals surface area contributed by atoms with Crippen molar-refractivity contribution in [3.05, 3.63) is 28.8 Å². The fourth-order valence-electron chi connectivity index (χ4n) is 2.80. The summed E-state index contributed by atoms with van der Waals surface area (Å²) in [6.45, 7) is 4.92. The van der Waals surface area contributed by atoms with E-state index in [4.69, 9.17) is 16.3 Å². The molecule has 0 bridgehead atoms. The van der Waals surface area contributed by atoms with Gasteiger partial charge in [0.05, 0.1) is 18.6 Å². The van der Waals surface area contributed by atoms with E-state index in [1.54, 1.807) is 23.1 Å². The van der Waals surface area contributed by atoms with Gasteiger partial charge in [-0.2, -0.15) is 0 Å². The second kappa shape index (κ2) is 7.68. The minimum atomic E-state index is -0.166. The minimum Gasteiger partial charge on any atom is -0.496 e. The Morgan fingerprint density at radius 1 is 1.39 bits per heavy atom. The van der Waals surface area contributed by atoms with Gasteiger partial charge in [-0.05, 0) is 44.9 Å². The average Bonchev–Trinajstić information content (AvgIpc) is 2.53. The van der Waals surface area contributed by atoms with Crippen LogP contribution in [0.15, 0.2) is 18.2 Å². The van der Waals surface area contributed by atoms with E-state index >= 15 is 0 Å². The second-order valence-corrected chi connectivity index (χ2v) is 6.53. The van der Waals surface area contributed by atoms with Crippen LogP contribution in [0.3, 0.4) is 0 Å². The van der Waals surface area contributed by atoms with Crippen LogP contribution in [0, 0.1) is 5.92 Å². The Labute approximate surface area is 141 Å². The Morgan fingerprint density at radius 3 is 2.78 bits per heavy atom. The van der Waals surface area contributed by atoms with Gasteiger partial charge in [0.25, 0.3) is 5.91 Å². The molecule has 2 rings (SSSR count). The molecule has 0 unspecified atom stereocenters. The highest BCUT2D eigenvalue weighted by atomic mass is 35.5. The Bertz CT molecular complexity index is 589. The van der Waals surface area contributed by atoms with Gasteiger partial charge in [-0.1, -0.05) is 11.6 Å². The molecule has 5 nitrogen and oxygen atoms in total. The molecule has 0 aliphatic carbocycles. The van der Waals surface area contributed by atoms with Crippen LogP contribution in [0.1, 0.15) is 37.0 Å². The lowest BCUT2D eigenvalue weighted by atomic mass is 9.96. The predicted molar refractivity (Wildman–Crippen MR) is 89.9 cm³/mol. The third-order valence-corrected chi connectivity index (χ3v) is 4.14. The number of likely N-dealkylation sites (tertiary alicyclic amines) is 1. The lowest BCUT2D eigenvalue weighted by molar-refractivity contribution is -0.126. The zero-order valence-corrected chi connectivity index (χ0v) is 14.5. The summed E-state index contributed by atoms with van der Waals surface area (Å²) in [5.74, 6) is 0.190. The topological polar surface area (TPSA) is 58.6 Å². The van der Waals surface area contributed by atoms with E-state index in [0.717, 1.165) is 12.8 Å². The maximum Gasteiger partial charge on any atom is 0.257 e. The highest BCUT2D eigenvalue weighted by Gasteiger charge is 2.30. The molecule has 1 atom stereocenters. The van der Waals surface area contributed by atoms with E-state index in [-0.39, 0.29) is 23.8 Å². The molecule has 0 radical (unpaired) electrons. The highest BCUT2D eigenvalue weighted by molar-refractivity contribution is 6.31. The van der Waals surface area contributed by atoms with E-state index in [1.807, 2.05) is 13.8 Å². The smallest absolute Gasteiger partial charge is 0.257 e. The van der Waals surface area contributed by atoms with Crippen molar-refractivity contribution in [2.45, 2.75) is 32.7 Å². The number of hydrogen-bond donors (Lipinski definition) is 1. The van der Waals surface area contributed by atoms with Gasteiger partial charge >= 0.3 is 0 Å². The van der Waals surface area contributed by atoms with Crippen molar-refractivity contribution < 1.29 is 14.3 Å². The Balaban J connectivity index is 2.13. The SMILES string of the molecule is COc1ccc(Cl)cc1C(=O)N1CCC[C@H](C(=O)NC(C)C)C1. The maximum atomic E-state index is 12.8. The summed E-state index contributed by atoms with van der Waals surface area (Å²) < 4.78 is 5.25. The number of hydrogen-bond acceptors (Lipinski definition) is 3. The number of benzene rings is 1. The van der Waals surface area contributed by atoms with Crippen LogP contribution in [0.5, 0.6) is 5.75 Å². The quantitative estimate of drug-likeness (QED) is 0.918. The first-order chi connectivity index (χ1) is 10.9. The van der Waals surface area contributed by atoms with Crippen molar-refractivity contribution in [2.75, 3.05) is 20.2 Å². The van der Waals surface area contributed by atoms with Gasteiger partial charge in [0.1, 0.15) is 5.75 Å². The van der Waals surface area contributed by atoms with E-state index < -0.39 is 0 Å².